The number of ether oxygens (including phenoxy) is 1. The van der Waals surface area contributed by atoms with Crippen molar-refractivity contribution in [2.75, 3.05) is 12.4 Å². The Morgan fingerprint density at radius 3 is 2.76 bits per heavy atom. The first kappa shape index (κ1) is 27.0. The highest BCUT2D eigenvalue weighted by Crippen LogP contribution is 2.33. The average Bonchev–Trinajstić information content (AvgIpc) is 3.30. The molecule has 0 aliphatic rings. The number of hydrogen-bond donors (Lipinski definition) is 2. The quantitative estimate of drug-likeness (QED) is 0.157. The van der Waals surface area contributed by atoms with Crippen molar-refractivity contribution >= 4 is 78.0 Å². The highest BCUT2D eigenvalue weighted by atomic mass is 79.9. The topological polar surface area (TPSA) is 76.4 Å². The van der Waals surface area contributed by atoms with Crippen LogP contribution in [0.2, 0.25) is 0 Å². The molecule has 0 unspecified atom stereocenters. The molecule has 1 heterocycles. The molecule has 0 aliphatic carbocycles. The second-order valence-electron chi connectivity index (χ2n) is 8.42. The molecule has 1 aromatic heterocycles. The van der Waals surface area contributed by atoms with Gasteiger partial charge in [-0.05, 0) is 94.6 Å². The Bertz CT molecular complexity index is 1500. The van der Waals surface area contributed by atoms with Gasteiger partial charge in [0.25, 0.3) is 0 Å². The molecule has 190 valence electrons. The maximum absolute atomic E-state index is 12.5. The maximum Gasteiger partial charge on any atom is 0.250 e. The fourth-order valence-electron chi connectivity index (χ4n) is 3.74. The lowest BCUT2D eigenvalue weighted by Gasteiger charge is -2.10. The summed E-state index contributed by atoms with van der Waals surface area (Å²) < 4.78 is 13.0. The van der Waals surface area contributed by atoms with Gasteiger partial charge >= 0.3 is 0 Å². The van der Waals surface area contributed by atoms with E-state index in [-0.39, 0.29) is 11.0 Å². The first-order valence-electron chi connectivity index (χ1n) is 11.6. The van der Waals surface area contributed by atoms with Gasteiger partial charge in [0.1, 0.15) is 11.3 Å². The van der Waals surface area contributed by atoms with Crippen molar-refractivity contribution in [1.82, 2.24) is 10.3 Å². The number of nitrogens with zero attached hydrogens (tertiary/aromatic N) is 1. The van der Waals surface area contributed by atoms with E-state index in [2.05, 4.69) is 73.5 Å². The molecule has 1 atom stereocenters. The van der Waals surface area contributed by atoms with Crippen molar-refractivity contribution < 1.29 is 13.9 Å². The first-order valence-corrected chi connectivity index (χ1v) is 13.6. The SMILES string of the molecule is CC[C@H](C)c1ccc2oc(-c3cccc(NC(=S)NC(=O)/C=C/c4cc(Br)cc(Br)c4OC)c3)nc2c1. The summed E-state index contributed by atoms with van der Waals surface area (Å²) in [6.45, 7) is 4.37. The number of anilines is 1. The summed E-state index contributed by atoms with van der Waals surface area (Å²) in [6.07, 6.45) is 4.12. The van der Waals surface area contributed by atoms with E-state index in [4.69, 9.17) is 21.4 Å². The monoisotopic (exact) mass is 641 g/mol. The molecule has 2 N–H and O–H groups in total. The van der Waals surface area contributed by atoms with Crippen molar-refractivity contribution in [3.05, 3.63) is 80.7 Å². The summed E-state index contributed by atoms with van der Waals surface area (Å²) >= 11 is 12.2. The molecular formula is C28H25Br2N3O3S. The highest BCUT2D eigenvalue weighted by molar-refractivity contribution is 9.11. The van der Waals surface area contributed by atoms with Crippen LogP contribution in [0.4, 0.5) is 5.69 Å². The Morgan fingerprint density at radius 1 is 1.19 bits per heavy atom. The van der Waals surface area contributed by atoms with Gasteiger partial charge in [0.05, 0.1) is 11.6 Å². The number of carbonyl (C=O) groups is 1. The Kier molecular flexibility index (Phi) is 8.79. The van der Waals surface area contributed by atoms with Crippen molar-refractivity contribution in [1.29, 1.82) is 0 Å². The van der Waals surface area contributed by atoms with Gasteiger partial charge in [0, 0.05) is 27.4 Å². The molecule has 3 aromatic carbocycles. The van der Waals surface area contributed by atoms with Gasteiger partial charge in [-0.25, -0.2) is 4.98 Å². The van der Waals surface area contributed by atoms with Gasteiger partial charge < -0.3 is 14.5 Å². The minimum atomic E-state index is -0.372. The lowest BCUT2D eigenvalue weighted by molar-refractivity contribution is -0.115. The Hall–Kier alpha value is -3.01. The van der Waals surface area contributed by atoms with E-state index in [1.165, 1.54) is 11.6 Å². The Morgan fingerprint density at radius 2 is 2.00 bits per heavy atom. The van der Waals surface area contributed by atoms with Crippen LogP contribution in [0.15, 0.2) is 74.0 Å². The van der Waals surface area contributed by atoms with Crippen molar-refractivity contribution in [2.24, 2.45) is 0 Å². The van der Waals surface area contributed by atoms with Crippen molar-refractivity contribution in [2.45, 2.75) is 26.2 Å². The summed E-state index contributed by atoms with van der Waals surface area (Å²) in [7, 11) is 1.57. The fraction of sp³-hybridized carbons (Fsp3) is 0.179. The number of nitrogens with one attached hydrogen (secondary N) is 2. The molecule has 0 saturated carbocycles. The normalized spacial score (nSPS) is 12.0. The van der Waals surface area contributed by atoms with Crippen LogP contribution in [0.25, 0.3) is 28.6 Å². The number of methoxy groups -OCH3 is 1. The molecule has 37 heavy (non-hydrogen) atoms. The lowest BCUT2D eigenvalue weighted by atomic mass is 9.98. The first-order chi connectivity index (χ1) is 17.8. The number of oxazole rings is 1. The number of benzene rings is 3. The zero-order valence-corrected chi connectivity index (χ0v) is 24.5. The zero-order valence-electron chi connectivity index (χ0n) is 20.5. The molecule has 0 saturated heterocycles. The standard InChI is InChI=1S/C28H25Br2N3O3S/c1-4-16(2)17-8-10-24-23(14-17)32-27(36-24)19-6-5-7-21(13-19)31-28(37)33-25(34)11-9-18-12-20(29)15-22(30)26(18)35-3/h5-16H,4H2,1-3H3,(H2,31,33,34,37)/b11-9+/t16-/m0/s1. The summed E-state index contributed by atoms with van der Waals surface area (Å²) in [4.78, 5) is 17.1. The third kappa shape index (κ3) is 6.66. The average molecular weight is 643 g/mol. The van der Waals surface area contributed by atoms with E-state index in [0.717, 1.165) is 37.6 Å². The molecule has 4 rings (SSSR count). The van der Waals surface area contributed by atoms with E-state index in [1.807, 2.05) is 42.5 Å². The minimum absolute atomic E-state index is 0.171. The molecule has 6 nitrogen and oxygen atoms in total. The summed E-state index contributed by atoms with van der Waals surface area (Å²) in [6, 6.07) is 17.4. The summed E-state index contributed by atoms with van der Waals surface area (Å²) in [5.41, 5.74) is 5.05. The number of thiocarbonyl (C=S) groups is 1. The van der Waals surface area contributed by atoms with E-state index < -0.39 is 0 Å². The van der Waals surface area contributed by atoms with Gasteiger partial charge in [0.2, 0.25) is 11.8 Å². The van der Waals surface area contributed by atoms with Crippen LogP contribution in [-0.4, -0.2) is 23.1 Å². The Labute approximate surface area is 237 Å². The Balaban J connectivity index is 1.44. The molecule has 0 aliphatic heterocycles. The van der Waals surface area contributed by atoms with Gasteiger partial charge in [-0.1, -0.05) is 41.9 Å². The van der Waals surface area contributed by atoms with Crippen LogP contribution in [0.1, 0.15) is 37.3 Å². The predicted molar refractivity (Wildman–Crippen MR) is 160 cm³/mol. The molecule has 1 amide bonds. The van der Waals surface area contributed by atoms with E-state index in [0.29, 0.717) is 23.2 Å². The number of halogens is 2. The number of carbonyl (C=O) groups excluding carboxylic acids is 1. The summed E-state index contributed by atoms with van der Waals surface area (Å²) in [5.74, 6) is 1.23. The smallest absolute Gasteiger partial charge is 0.250 e. The lowest BCUT2D eigenvalue weighted by Crippen LogP contribution is -2.32. The van der Waals surface area contributed by atoms with Crippen LogP contribution in [0.3, 0.4) is 0 Å². The van der Waals surface area contributed by atoms with Crippen molar-refractivity contribution in [3.63, 3.8) is 0 Å². The van der Waals surface area contributed by atoms with Crippen molar-refractivity contribution in [3.8, 4) is 17.2 Å². The van der Waals surface area contributed by atoms with Gasteiger partial charge in [-0.3, -0.25) is 10.1 Å². The number of hydrogen-bond acceptors (Lipinski definition) is 5. The molecule has 9 heteroatoms. The third-order valence-corrected chi connectivity index (χ3v) is 7.10. The van der Waals surface area contributed by atoms with Gasteiger partial charge in [-0.15, -0.1) is 0 Å². The minimum Gasteiger partial charge on any atom is -0.495 e. The van der Waals surface area contributed by atoms with E-state index in [1.54, 1.807) is 13.2 Å². The van der Waals surface area contributed by atoms with Gasteiger partial charge in [-0.2, -0.15) is 0 Å². The number of aromatic nitrogens is 1. The van der Waals surface area contributed by atoms with Crippen LogP contribution in [0, 0.1) is 0 Å². The highest BCUT2D eigenvalue weighted by Gasteiger charge is 2.12. The second kappa shape index (κ2) is 12.0. The number of rotatable bonds is 7. The van der Waals surface area contributed by atoms with E-state index in [9.17, 15) is 4.79 Å². The largest absolute Gasteiger partial charge is 0.495 e. The van der Waals surface area contributed by atoms with Gasteiger partial charge in [0.15, 0.2) is 10.7 Å². The number of fused-ring (bicyclic) bond motifs is 1. The maximum atomic E-state index is 12.5. The van der Waals surface area contributed by atoms with Crippen LogP contribution in [0.5, 0.6) is 5.75 Å². The second-order valence-corrected chi connectivity index (χ2v) is 10.6. The molecule has 0 radical (unpaired) electrons. The summed E-state index contributed by atoms with van der Waals surface area (Å²) in [5, 5.41) is 5.87. The van der Waals surface area contributed by atoms with E-state index >= 15 is 0 Å². The predicted octanol–water partition coefficient (Wildman–Crippen LogP) is 8.07. The third-order valence-electron chi connectivity index (χ3n) is 5.85. The number of amides is 1. The molecule has 0 fully saturated rings. The fourth-order valence-corrected chi connectivity index (χ4v) is 5.38. The molecule has 4 aromatic rings. The van der Waals surface area contributed by atoms with Crippen LogP contribution < -0.4 is 15.4 Å². The van der Waals surface area contributed by atoms with Crippen LogP contribution >= 0.6 is 44.1 Å². The van der Waals surface area contributed by atoms with Crippen LogP contribution in [-0.2, 0) is 4.79 Å². The molecule has 0 spiro atoms. The molecular weight excluding hydrogens is 618 g/mol. The molecule has 0 bridgehead atoms. The zero-order chi connectivity index (χ0) is 26.5.